The van der Waals surface area contributed by atoms with Gasteiger partial charge in [0, 0.05) is 41.9 Å². The van der Waals surface area contributed by atoms with Gasteiger partial charge in [0.1, 0.15) is 17.5 Å². The number of aromatic amines is 1. The van der Waals surface area contributed by atoms with Crippen molar-refractivity contribution in [3.63, 3.8) is 0 Å². The van der Waals surface area contributed by atoms with Crippen LogP contribution < -0.4 is 5.32 Å². The largest absolute Gasteiger partial charge is 0.335 e. The summed E-state index contributed by atoms with van der Waals surface area (Å²) in [5.41, 5.74) is 2.44. The molecule has 0 aromatic carbocycles. The van der Waals surface area contributed by atoms with E-state index in [1.807, 2.05) is 43.0 Å². The first-order valence-corrected chi connectivity index (χ1v) is 13.9. The average molecular weight is 544 g/mol. The Morgan fingerprint density at radius 2 is 1.93 bits per heavy atom. The molecular formula is C29H34FN9O. The highest BCUT2D eigenvalue weighted by Gasteiger charge is 2.47. The zero-order valence-corrected chi connectivity index (χ0v) is 23.1. The monoisotopic (exact) mass is 543 g/mol. The minimum atomic E-state index is -0.409. The number of hydrogen-bond acceptors (Lipinski definition) is 7. The lowest BCUT2D eigenvalue weighted by atomic mass is 9.65. The van der Waals surface area contributed by atoms with Crippen molar-refractivity contribution in [2.75, 3.05) is 11.9 Å². The van der Waals surface area contributed by atoms with Crippen LogP contribution in [0.2, 0.25) is 0 Å². The van der Waals surface area contributed by atoms with E-state index in [4.69, 9.17) is 9.97 Å². The van der Waals surface area contributed by atoms with E-state index in [2.05, 4.69) is 32.5 Å². The van der Waals surface area contributed by atoms with E-state index >= 15 is 0 Å². The summed E-state index contributed by atoms with van der Waals surface area (Å²) in [6.45, 7) is 6.71. The summed E-state index contributed by atoms with van der Waals surface area (Å²) in [5.74, 6) is 2.97. The fourth-order valence-corrected chi connectivity index (χ4v) is 6.21. The quantitative estimate of drug-likeness (QED) is 0.339. The van der Waals surface area contributed by atoms with Gasteiger partial charge in [-0.25, -0.2) is 24.0 Å². The Balaban J connectivity index is 1.13. The highest BCUT2D eigenvalue weighted by Crippen LogP contribution is 2.49. The SMILES string of the molecule is Cc1cc(Nc2cc(C)nc([C@H]3CC[C@]4(CCCN([C@H](C)c5ccc(-n6cc(F)cn6)nc5)C4=O)CC3)n2)[nH]n1. The van der Waals surface area contributed by atoms with Crippen LogP contribution in [0.5, 0.6) is 0 Å². The van der Waals surface area contributed by atoms with Crippen molar-refractivity contribution >= 4 is 17.5 Å². The number of amides is 1. The summed E-state index contributed by atoms with van der Waals surface area (Å²) >= 11 is 0. The number of aryl methyl sites for hydroxylation is 2. The number of hydrogen-bond donors (Lipinski definition) is 2. The molecule has 1 spiro atoms. The summed E-state index contributed by atoms with van der Waals surface area (Å²) in [4.78, 5) is 30.0. The first kappa shape index (κ1) is 26.1. The Labute approximate surface area is 232 Å². The molecule has 1 saturated carbocycles. The van der Waals surface area contributed by atoms with Crippen LogP contribution in [0.1, 0.15) is 80.2 Å². The fourth-order valence-electron chi connectivity index (χ4n) is 6.21. The third-order valence-electron chi connectivity index (χ3n) is 8.42. The van der Waals surface area contributed by atoms with E-state index in [0.717, 1.165) is 85.7 Å². The van der Waals surface area contributed by atoms with Gasteiger partial charge >= 0.3 is 0 Å². The lowest BCUT2D eigenvalue weighted by molar-refractivity contribution is -0.151. The number of aromatic nitrogens is 7. The van der Waals surface area contributed by atoms with Crippen LogP contribution in [0.25, 0.3) is 5.82 Å². The Morgan fingerprint density at radius 3 is 2.60 bits per heavy atom. The molecule has 1 aliphatic heterocycles. The average Bonchev–Trinajstić information content (AvgIpc) is 3.57. The second kappa shape index (κ2) is 10.4. The predicted octanol–water partition coefficient (Wildman–Crippen LogP) is 5.31. The number of carbonyl (C=O) groups excluding carboxylic acids is 1. The van der Waals surface area contributed by atoms with Crippen LogP contribution >= 0.6 is 0 Å². The van der Waals surface area contributed by atoms with Crippen molar-refractivity contribution < 1.29 is 9.18 Å². The topological polar surface area (TPSA) is 118 Å². The van der Waals surface area contributed by atoms with E-state index in [1.165, 1.54) is 10.9 Å². The zero-order chi connectivity index (χ0) is 27.9. The molecule has 2 N–H and O–H groups in total. The van der Waals surface area contributed by atoms with Crippen molar-refractivity contribution in [2.45, 2.75) is 71.3 Å². The highest BCUT2D eigenvalue weighted by molar-refractivity contribution is 5.84. The molecule has 0 unspecified atom stereocenters. The lowest BCUT2D eigenvalue weighted by Crippen LogP contribution is -2.50. The molecule has 1 aliphatic carbocycles. The van der Waals surface area contributed by atoms with Crippen LogP contribution in [0.4, 0.5) is 16.0 Å². The zero-order valence-electron chi connectivity index (χ0n) is 23.1. The number of rotatable bonds is 6. The minimum absolute atomic E-state index is 0.0989. The second-order valence-corrected chi connectivity index (χ2v) is 11.2. The number of piperidine rings is 1. The van der Waals surface area contributed by atoms with E-state index in [-0.39, 0.29) is 23.3 Å². The fraction of sp³-hybridized carbons (Fsp3) is 0.448. The first-order chi connectivity index (χ1) is 19.3. The molecule has 1 atom stereocenters. The second-order valence-electron chi connectivity index (χ2n) is 11.2. The maximum atomic E-state index is 14.0. The third-order valence-corrected chi connectivity index (χ3v) is 8.42. The van der Waals surface area contributed by atoms with Crippen LogP contribution in [-0.2, 0) is 4.79 Å². The molecule has 5 heterocycles. The molecule has 11 heteroatoms. The van der Waals surface area contributed by atoms with E-state index in [0.29, 0.717) is 5.82 Å². The molecule has 6 rings (SSSR count). The molecule has 0 bridgehead atoms. The van der Waals surface area contributed by atoms with E-state index in [1.54, 1.807) is 6.20 Å². The van der Waals surface area contributed by atoms with Crippen molar-refractivity contribution in [1.82, 2.24) is 39.8 Å². The van der Waals surface area contributed by atoms with Crippen molar-refractivity contribution in [3.05, 3.63) is 71.4 Å². The lowest BCUT2D eigenvalue weighted by Gasteiger charge is -2.47. The van der Waals surface area contributed by atoms with Crippen molar-refractivity contribution in [2.24, 2.45) is 5.41 Å². The Kier molecular flexibility index (Phi) is 6.81. The third kappa shape index (κ3) is 5.07. The Bertz CT molecular complexity index is 1500. The van der Waals surface area contributed by atoms with Gasteiger partial charge < -0.3 is 10.2 Å². The van der Waals surface area contributed by atoms with Crippen LogP contribution in [0, 0.1) is 25.1 Å². The van der Waals surface area contributed by atoms with Crippen LogP contribution in [-0.4, -0.2) is 52.3 Å². The van der Waals surface area contributed by atoms with Crippen LogP contribution in [0.15, 0.2) is 42.9 Å². The predicted molar refractivity (Wildman–Crippen MR) is 148 cm³/mol. The maximum absolute atomic E-state index is 14.0. The van der Waals surface area contributed by atoms with Gasteiger partial charge in [0.2, 0.25) is 5.91 Å². The number of nitrogens with one attached hydrogen (secondary N) is 2. The molecule has 1 saturated heterocycles. The molecule has 4 aromatic rings. The number of likely N-dealkylation sites (tertiary alicyclic amines) is 1. The molecule has 2 fully saturated rings. The standard InChI is InChI=1S/C29H34FN9O/c1-18-13-24(34-25-14-19(2)36-37-25)35-27(33-18)21-7-10-29(11-8-21)9-4-12-38(28(29)40)20(3)22-5-6-26(31-15-22)39-17-23(30)16-32-39/h5-6,13-17,20-21H,4,7-12H2,1-3H3,(H2,33,34,35,36,37)/t20-,21-,29+/m1/s1. The molecular weight excluding hydrogens is 509 g/mol. The number of carbonyl (C=O) groups is 1. The number of H-pyrrole nitrogens is 1. The van der Waals surface area contributed by atoms with Crippen molar-refractivity contribution in [1.29, 1.82) is 0 Å². The van der Waals surface area contributed by atoms with Gasteiger partial charge in [0.05, 0.1) is 24.1 Å². The molecule has 10 nitrogen and oxygen atoms in total. The summed E-state index contributed by atoms with van der Waals surface area (Å²) < 4.78 is 14.8. The summed E-state index contributed by atoms with van der Waals surface area (Å²) in [6, 6.07) is 7.53. The Morgan fingerprint density at radius 1 is 1.10 bits per heavy atom. The molecule has 0 radical (unpaired) electrons. The first-order valence-electron chi connectivity index (χ1n) is 13.9. The van der Waals surface area contributed by atoms with Crippen molar-refractivity contribution in [3.8, 4) is 5.82 Å². The number of pyridine rings is 1. The van der Waals surface area contributed by atoms with E-state index in [9.17, 15) is 9.18 Å². The smallest absolute Gasteiger partial charge is 0.229 e. The molecule has 40 heavy (non-hydrogen) atoms. The summed E-state index contributed by atoms with van der Waals surface area (Å²) in [6.07, 6.45) is 9.55. The van der Waals surface area contributed by atoms with Gasteiger partial charge in [0.25, 0.3) is 0 Å². The molecule has 208 valence electrons. The number of halogens is 1. The number of anilines is 2. The van der Waals surface area contributed by atoms with Gasteiger partial charge in [-0.05, 0) is 70.9 Å². The van der Waals surface area contributed by atoms with Gasteiger partial charge in [-0.1, -0.05) is 6.07 Å². The summed E-state index contributed by atoms with van der Waals surface area (Å²) in [5, 5.41) is 14.4. The number of nitrogens with zero attached hydrogens (tertiary/aromatic N) is 7. The molecule has 4 aromatic heterocycles. The highest BCUT2D eigenvalue weighted by atomic mass is 19.1. The summed E-state index contributed by atoms with van der Waals surface area (Å²) in [7, 11) is 0. The normalized spacial score (nSPS) is 22.1. The maximum Gasteiger partial charge on any atom is 0.229 e. The van der Waals surface area contributed by atoms with E-state index < -0.39 is 5.82 Å². The van der Waals surface area contributed by atoms with Gasteiger partial charge in [-0.3, -0.25) is 9.89 Å². The Hall–Kier alpha value is -4.15. The molecule has 2 aliphatic rings. The van der Waals surface area contributed by atoms with Gasteiger partial charge in [-0.15, -0.1) is 0 Å². The van der Waals surface area contributed by atoms with Gasteiger partial charge in [-0.2, -0.15) is 10.2 Å². The minimum Gasteiger partial charge on any atom is -0.335 e. The van der Waals surface area contributed by atoms with Crippen LogP contribution in [0.3, 0.4) is 0 Å². The van der Waals surface area contributed by atoms with Gasteiger partial charge in [0.15, 0.2) is 11.6 Å². The molecule has 1 amide bonds.